The van der Waals surface area contributed by atoms with Gasteiger partial charge in [0.05, 0.1) is 5.56 Å². The average molecular weight is 300 g/mol. The normalized spacial score (nSPS) is 20.6. The first kappa shape index (κ1) is 16.3. The number of halogens is 3. The molecule has 1 N–H and O–H groups in total. The van der Waals surface area contributed by atoms with E-state index < -0.39 is 11.7 Å². The van der Waals surface area contributed by atoms with E-state index in [9.17, 15) is 13.2 Å². The maximum atomic E-state index is 12.7. The van der Waals surface area contributed by atoms with Gasteiger partial charge in [-0.1, -0.05) is 6.07 Å². The highest BCUT2D eigenvalue weighted by Gasteiger charge is 2.30. The Bertz CT molecular complexity index is 463. The van der Waals surface area contributed by atoms with Crippen molar-refractivity contribution in [3.8, 4) is 0 Å². The lowest BCUT2D eigenvalue weighted by Gasteiger charge is -2.27. The maximum Gasteiger partial charge on any atom is 0.416 e. The van der Waals surface area contributed by atoms with Crippen molar-refractivity contribution in [2.24, 2.45) is 0 Å². The molecule has 0 saturated carbocycles. The minimum Gasteiger partial charge on any atom is -0.317 e. The molecule has 1 heterocycles. The van der Waals surface area contributed by atoms with Gasteiger partial charge >= 0.3 is 6.18 Å². The zero-order chi connectivity index (χ0) is 15.5. The van der Waals surface area contributed by atoms with Gasteiger partial charge in [0, 0.05) is 12.6 Å². The van der Waals surface area contributed by atoms with Gasteiger partial charge in [-0.2, -0.15) is 13.2 Å². The topological polar surface area (TPSA) is 15.3 Å². The second kappa shape index (κ2) is 6.79. The lowest BCUT2D eigenvalue weighted by molar-refractivity contribution is -0.137. The van der Waals surface area contributed by atoms with Crippen molar-refractivity contribution in [2.75, 3.05) is 20.1 Å². The van der Waals surface area contributed by atoms with Gasteiger partial charge in [0.1, 0.15) is 0 Å². The van der Waals surface area contributed by atoms with Crippen molar-refractivity contribution in [3.63, 3.8) is 0 Å². The highest BCUT2D eigenvalue weighted by molar-refractivity contribution is 5.32. The number of alkyl halides is 3. The van der Waals surface area contributed by atoms with Crippen LogP contribution in [-0.2, 0) is 12.7 Å². The summed E-state index contributed by atoms with van der Waals surface area (Å²) < 4.78 is 38.0. The van der Waals surface area contributed by atoms with Gasteiger partial charge in [-0.05, 0) is 69.6 Å². The fourth-order valence-electron chi connectivity index (χ4n) is 2.89. The van der Waals surface area contributed by atoms with Gasteiger partial charge in [-0.25, -0.2) is 0 Å². The van der Waals surface area contributed by atoms with E-state index in [1.165, 1.54) is 12.1 Å². The molecule has 0 spiro atoms. The molecule has 1 aromatic rings. The van der Waals surface area contributed by atoms with E-state index in [-0.39, 0.29) is 0 Å². The number of rotatable bonds is 3. The number of benzene rings is 1. The van der Waals surface area contributed by atoms with E-state index in [1.807, 2.05) is 0 Å². The molecule has 1 saturated heterocycles. The van der Waals surface area contributed by atoms with E-state index in [0.29, 0.717) is 18.2 Å². The maximum absolute atomic E-state index is 12.7. The molecular formula is C16H23F3N2. The summed E-state index contributed by atoms with van der Waals surface area (Å²) in [5.41, 5.74) is 1.12. The number of aryl methyl sites for hydroxylation is 1. The first-order valence-electron chi connectivity index (χ1n) is 7.45. The van der Waals surface area contributed by atoms with Crippen molar-refractivity contribution in [3.05, 3.63) is 34.9 Å². The average Bonchev–Trinajstić information content (AvgIpc) is 2.68. The molecule has 1 unspecified atom stereocenters. The first-order chi connectivity index (χ1) is 9.88. The summed E-state index contributed by atoms with van der Waals surface area (Å²) in [5.74, 6) is 0. The van der Waals surface area contributed by atoms with E-state index in [1.54, 1.807) is 13.0 Å². The molecule has 0 amide bonds. The lowest BCUT2D eigenvalue weighted by atomic mass is 10.0. The van der Waals surface area contributed by atoms with Crippen LogP contribution in [0.4, 0.5) is 13.2 Å². The van der Waals surface area contributed by atoms with Crippen molar-refractivity contribution in [1.82, 2.24) is 10.2 Å². The Morgan fingerprint density at radius 1 is 1.24 bits per heavy atom. The SMILES string of the molecule is Cc1cc(C(F)(F)F)ccc1CN(C)C1CCCNCC1. The highest BCUT2D eigenvalue weighted by atomic mass is 19.4. The molecule has 2 rings (SSSR count). The Morgan fingerprint density at radius 2 is 2.00 bits per heavy atom. The van der Waals surface area contributed by atoms with Crippen LogP contribution >= 0.6 is 0 Å². The van der Waals surface area contributed by atoms with Crippen molar-refractivity contribution in [1.29, 1.82) is 0 Å². The molecule has 1 aliphatic heterocycles. The van der Waals surface area contributed by atoms with Crippen LogP contribution in [0.25, 0.3) is 0 Å². The van der Waals surface area contributed by atoms with E-state index in [2.05, 4.69) is 17.3 Å². The van der Waals surface area contributed by atoms with Gasteiger partial charge in [-0.3, -0.25) is 4.90 Å². The third-order valence-corrected chi connectivity index (χ3v) is 4.26. The largest absolute Gasteiger partial charge is 0.416 e. The second-order valence-corrected chi connectivity index (χ2v) is 5.89. The Hall–Kier alpha value is -1.07. The van der Waals surface area contributed by atoms with E-state index >= 15 is 0 Å². The fraction of sp³-hybridized carbons (Fsp3) is 0.625. The molecule has 0 bridgehead atoms. The number of nitrogens with zero attached hydrogens (tertiary/aromatic N) is 1. The van der Waals surface area contributed by atoms with E-state index in [4.69, 9.17) is 0 Å². The standard InChI is InChI=1S/C16H23F3N2/c1-12-10-14(16(17,18)19)6-5-13(12)11-21(2)15-4-3-8-20-9-7-15/h5-6,10,15,20H,3-4,7-9,11H2,1-2H3. The Labute approximate surface area is 124 Å². The molecular weight excluding hydrogens is 277 g/mol. The van der Waals surface area contributed by atoms with Crippen LogP contribution in [0.15, 0.2) is 18.2 Å². The summed E-state index contributed by atoms with van der Waals surface area (Å²) >= 11 is 0. The predicted octanol–water partition coefficient (Wildman–Crippen LogP) is 3.59. The molecule has 0 aromatic heterocycles. The summed E-state index contributed by atoms with van der Waals surface area (Å²) in [5, 5.41) is 3.38. The third kappa shape index (κ3) is 4.45. The van der Waals surface area contributed by atoms with Crippen molar-refractivity contribution >= 4 is 0 Å². The first-order valence-corrected chi connectivity index (χ1v) is 7.45. The van der Waals surface area contributed by atoms with Crippen LogP contribution in [0.3, 0.4) is 0 Å². The Morgan fingerprint density at radius 3 is 2.67 bits per heavy atom. The van der Waals surface area contributed by atoms with Crippen LogP contribution in [-0.4, -0.2) is 31.1 Å². The summed E-state index contributed by atoms with van der Waals surface area (Å²) in [7, 11) is 2.06. The van der Waals surface area contributed by atoms with Crippen molar-refractivity contribution in [2.45, 2.75) is 44.9 Å². The minimum atomic E-state index is -4.26. The minimum absolute atomic E-state index is 0.502. The second-order valence-electron chi connectivity index (χ2n) is 5.89. The zero-order valence-corrected chi connectivity index (χ0v) is 12.6. The summed E-state index contributed by atoms with van der Waals surface area (Å²) in [4.78, 5) is 2.27. The summed E-state index contributed by atoms with van der Waals surface area (Å²) in [6, 6.07) is 4.55. The quantitative estimate of drug-likeness (QED) is 0.918. The number of hydrogen-bond donors (Lipinski definition) is 1. The third-order valence-electron chi connectivity index (χ3n) is 4.26. The molecule has 1 aliphatic rings. The van der Waals surface area contributed by atoms with Gasteiger partial charge < -0.3 is 5.32 Å². The molecule has 118 valence electrons. The van der Waals surface area contributed by atoms with Gasteiger partial charge in [0.25, 0.3) is 0 Å². The van der Waals surface area contributed by atoms with Crippen LogP contribution in [0, 0.1) is 6.92 Å². The Balaban J connectivity index is 2.05. The smallest absolute Gasteiger partial charge is 0.317 e. The van der Waals surface area contributed by atoms with Gasteiger partial charge in [-0.15, -0.1) is 0 Å². The zero-order valence-electron chi connectivity index (χ0n) is 12.6. The Kier molecular flexibility index (Phi) is 5.27. The molecule has 0 aliphatic carbocycles. The molecule has 21 heavy (non-hydrogen) atoms. The molecule has 1 aromatic carbocycles. The van der Waals surface area contributed by atoms with Gasteiger partial charge in [0.2, 0.25) is 0 Å². The number of nitrogens with one attached hydrogen (secondary N) is 1. The van der Waals surface area contributed by atoms with Gasteiger partial charge in [0.15, 0.2) is 0 Å². The fourth-order valence-corrected chi connectivity index (χ4v) is 2.89. The summed E-state index contributed by atoms with van der Waals surface area (Å²) in [6.07, 6.45) is -0.873. The van der Waals surface area contributed by atoms with Crippen LogP contribution < -0.4 is 5.32 Å². The lowest BCUT2D eigenvalue weighted by Crippen LogP contribution is -2.32. The van der Waals surface area contributed by atoms with Crippen LogP contribution in [0.5, 0.6) is 0 Å². The van der Waals surface area contributed by atoms with Crippen LogP contribution in [0.1, 0.15) is 36.0 Å². The molecule has 1 atom stereocenters. The van der Waals surface area contributed by atoms with Crippen molar-refractivity contribution < 1.29 is 13.2 Å². The molecule has 1 fully saturated rings. The monoisotopic (exact) mass is 300 g/mol. The van der Waals surface area contributed by atoms with Crippen LogP contribution in [0.2, 0.25) is 0 Å². The highest BCUT2D eigenvalue weighted by Crippen LogP contribution is 2.30. The van der Waals surface area contributed by atoms with E-state index in [0.717, 1.165) is 37.9 Å². The summed E-state index contributed by atoms with van der Waals surface area (Å²) in [6.45, 7) is 4.53. The molecule has 0 radical (unpaired) electrons. The predicted molar refractivity (Wildman–Crippen MR) is 78.2 cm³/mol. The number of hydrogen-bond acceptors (Lipinski definition) is 2. The molecule has 5 heteroatoms. The molecule has 2 nitrogen and oxygen atoms in total.